The Kier molecular flexibility index (Phi) is 8.05. The van der Waals surface area contributed by atoms with Crippen molar-refractivity contribution in [3.05, 3.63) is 71.8 Å². The summed E-state index contributed by atoms with van der Waals surface area (Å²) in [6, 6.07) is 20.7. The van der Waals surface area contributed by atoms with Crippen molar-refractivity contribution in [2.75, 3.05) is 13.2 Å². The SMILES string of the molecule is CCOCCC(=O)NC(CCCc1ccccc1)c1ccccc1. The van der Waals surface area contributed by atoms with Crippen LogP contribution in [0.2, 0.25) is 0 Å². The number of rotatable bonds is 10. The molecular weight excluding hydrogens is 298 g/mol. The maximum Gasteiger partial charge on any atom is 0.222 e. The molecule has 2 rings (SSSR count). The first-order valence-electron chi connectivity index (χ1n) is 8.75. The summed E-state index contributed by atoms with van der Waals surface area (Å²) in [6.07, 6.45) is 3.41. The molecule has 0 heterocycles. The Balaban J connectivity index is 1.89. The third-order valence-corrected chi connectivity index (χ3v) is 4.02. The van der Waals surface area contributed by atoms with E-state index in [1.54, 1.807) is 0 Å². The zero-order chi connectivity index (χ0) is 17.0. The van der Waals surface area contributed by atoms with Gasteiger partial charge >= 0.3 is 0 Å². The van der Waals surface area contributed by atoms with Gasteiger partial charge in [-0.25, -0.2) is 0 Å². The molecule has 0 aromatic heterocycles. The second-order valence-electron chi connectivity index (χ2n) is 5.86. The van der Waals surface area contributed by atoms with Gasteiger partial charge in [0.2, 0.25) is 5.91 Å². The summed E-state index contributed by atoms with van der Waals surface area (Å²) in [6.45, 7) is 3.06. The standard InChI is InChI=1S/C21H27NO2/c1-2-24-17-16-21(23)22-20(19-13-7-4-8-14-19)15-9-12-18-10-5-3-6-11-18/h3-8,10-11,13-14,20H,2,9,12,15-17H2,1H3,(H,22,23). The topological polar surface area (TPSA) is 38.3 Å². The van der Waals surface area contributed by atoms with Gasteiger partial charge in [0.1, 0.15) is 0 Å². The first kappa shape index (κ1) is 18.2. The average molecular weight is 325 g/mol. The molecule has 0 bridgehead atoms. The lowest BCUT2D eigenvalue weighted by Crippen LogP contribution is -2.29. The minimum atomic E-state index is 0.0528. The Morgan fingerprint density at radius 1 is 1.04 bits per heavy atom. The third kappa shape index (κ3) is 6.55. The van der Waals surface area contributed by atoms with Crippen LogP contribution in [0.4, 0.5) is 0 Å². The van der Waals surface area contributed by atoms with E-state index in [4.69, 9.17) is 4.74 Å². The van der Waals surface area contributed by atoms with Gasteiger partial charge in [0.25, 0.3) is 0 Å². The normalized spacial score (nSPS) is 11.9. The minimum absolute atomic E-state index is 0.0528. The average Bonchev–Trinajstić information content (AvgIpc) is 2.63. The van der Waals surface area contributed by atoms with Crippen LogP contribution in [0.3, 0.4) is 0 Å². The lowest BCUT2D eigenvalue weighted by molar-refractivity contribution is -0.122. The Bertz CT molecular complexity index is 583. The molecular formula is C21H27NO2. The molecule has 2 aromatic rings. The molecule has 1 N–H and O–H groups in total. The molecule has 3 nitrogen and oxygen atoms in total. The van der Waals surface area contributed by atoms with Gasteiger partial charge in [-0.05, 0) is 37.3 Å². The fourth-order valence-corrected chi connectivity index (χ4v) is 2.74. The lowest BCUT2D eigenvalue weighted by atomic mass is 9.99. The minimum Gasteiger partial charge on any atom is -0.381 e. The predicted octanol–water partition coefficient (Wildman–Crippen LogP) is 4.29. The maximum atomic E-state index is 12.1. The number of benzene rings is 2. The quantitative estimate of drug-likeness (QED) is 0.662. The van der Waals surface area contributed by atoms with Crippen molar-refractivity contribution < 1.29 is 9.53 Å². The number of amides is 1. The Morgan fingerprint density at radius 2 is 1.71 bits per heavy atom. The van der Waals surface area contributed by atoms with Gasteiger partial charge < -0.3 is 10.1 Å². The fourth-order valence-electron chi connectivity index (χ4n) is 2.74. The molecule has 1 atom stereocenters. The van der Waals surface area contributed by atoms with Gasteiger partial charge in [-0.3, -0.25) is 4.79 Å². The van der Waals surface area contributed by atoms with Gasteiger partial charge in [0.15, 0.2) is 0 Å². The Morgan fingerprint density at radius 3 is 2.38 bits per heavy atom. The molecule has 128 valence electrons. The Hall–Kier alpha value is -2.13. The van der Waals surface area contributed by atoms with Gasteiger partial charge in [-0.1, -0.05) is 60.7 Å². The van der Waals surface area contributed by atoms with Crippen LogP contribution < -0.4 is 5.32 Å². The van der Waals surface area contributed by atoms with Gasteiger partial charge in [0.05, 0.1) is 12.6 Å². The number of aryl methyl sites for hydroxylation is 1. The van der Waals surface area contributed by atoms with E-state index in [2.05, 4.69) is 41.7 Å². The summed E-state index contributed by atoms with van der Waals surface area (Å²) in [5.74, 6) is 0.0528. The highest BCUT2D eigenvalue weighted by Gasteiger charge is 2.14. The van der Waals surface area contributed by atoms with E-state index < -0.39 is 0 Å². The van der Waals surface area contributed by atoms with Gasteiger partial charge in [-0.15, -0.1) is 0 Å². The molecule has 0 saturated heterocycles. The zero-order valence-corrected chi connectivity index (χ0v) is 14.4. The maximum absolute atomic E-state index is 12.1. The molecule has 1 amide bonds. The van der Waals surface area contributed by atoms with E-state index in [-0.39, 0.29) is 11.9 Å². The van der Waals surface area contributed by atoms with E-state index in [1.165, 1.54) is 5.56 Å². The summed E-state index contributed by atoms with van der Waals surface area (Å²) < 4.78 is 5.27. The molecule has 0 saturated carbocycles. The molecule has 0 spiro atoms. The van der Waals surface area contributed by atoms with Gasteiger partial charge in [-0.2, -0.15) is 0 Å². The fraction of sp³-hybridized carbons (Fsp3) is 0.381. The summed E-state index contributed by atoms with van der Waals surface area (Å²) in [5, 5.41) is 3.16. The molecule has 0 radical (unpaired) electrons. The van der Waals surface area contributed by atoms with Crippen molar-refractivity contribution >= 4 is 5.91 Å². The van der Waals surface area contributed by atoms with Crippen molar-refractivity contribution in [1.82, 2.24) is 5.32 Å². The highest BCUT2D eigenvalue weighted by molar-refractivity contribution is 5.76. The van der Waals surface area contributed by atoms with Crippen LogP contribution in [0.5, 0.6) is 0 Å². The number of carbonyl (C=O) groups excluding carboxylic acids is 1. The smallest absolute Gasteiger partial charge is 0.222 e. The monoisotopic (exact) mass is 325 g/mol. The summed E-state index contributed by atoms with van der Waals surface area (Å²) in [5.41, 5.74) is 2.50. The first-order chi connectivity index (χ1) is 11.8. The summed E-state index contributed by atoms with van der Waals surface area (Å²) >= 11 is 0. The van der Waals surface area contributed by atoms with Crippen LogP contribution >= 0.6 is 0 Å². The molecule has 0 fully saturated rings. The van der Waals surface area contributed by atoms with E-state index in [0.29, 0.717) is 19.6 Å². The molecule has 2 aromatic carbocycles. The molecule has 1 unspecified atom stereocenters. The van der Waals surface area contributed by atoms with Crippen molar-refractivity contribution in [1.29, 1.82) is 0 Å². The first-order valence-corrected chi connectivity index (χ1v) is 8.75. The molecule has 0 aliphatic heterocycles. The number of carbonyl (C=O) groups is 1. The largest absolute Gasteiger partial charge is 0.381 e. The number of hydrogen-bond acceptors (Lipinski definition) is 2. The highest BCUT2D eigenvalue weighted by Crippen LogP contribution is 2.20. The van der Waals surface area contributed by atoms with E-state index in [1.807, 2.05) is 31.2 Å². The van der Waals surface area contributed by atoms with Crippen LogP contribution in [0.15, 0.2) is 60.7 Å². The second kappa shape index (κ2) is 10.6. The molecule has 0 aliphatic rings. The van der Waals surface area contributed by atoms with E-state index >= 15 is 0 Å². The molecule has 0 aliphatic carbocycles. The predicted molar refractivity (Wildman–Crippen MR) is 97.8 cm³/mol. The molecule has 24 heavy (non-hydrogen) atoms. The zero-order valence-electron chi connectivity index (χ0n) is 14.4. The molecule has 3 heteroatoms. The van der Waals surface area contributed by atoms with Crippen LogP contribution in [0.25, 0.3) is 0 Å². The van der Waals surface area contributed by atoms with Crippen LogP contribution in [-0.4, -0.2) is 19.1 Å². The van der Waals surface area contributed by atoms with E-state index in [9.17, 15) is 4.79 Å². The van der Waals surface area contributed by atoms with Crippen molar-refractivity contribution in [3.63, 3.8) is 0 Å². The van der Waals surface area contributed by atoms with Crippen molar-refractivity contribution in [2.24, 2.45) is 0 Å². The lowest BCUT2D eigenvalue weighted by Gasteiger charge is -2.19. The summed E-state index contributed by atoms with van der Waals surface area (Å²) in [4.78, 5) is 12.1. The van der Waals surface area contributed by atoms with Crippen LogP contribution in [0.1, 0.15) is 43.4 Å². The second-order valence-corrected chi connectivity index (χ2v) is 5.86. The number of ether oxygens (including phenoxy) is 1. The van der Waals surface area contributed by atoms with Crippen LogP contribution in [0, 0.1) is 0 Å². The van der Waals surface area contributed by atoms with Crippen molar-refractivity contribution in [2.45, 2.75) is 38.6 Å². The van der Waals surface area contributed by atoms with Crippen LogP contribution in [-0.2, 0) is 16.0 Å². The number of hydrogen-bond donors (Lipinski definition) is 1. The Labute approximate surface area is 145 Å². The van der Waals surface area contributed by atoms with Gasteiger partial charge in [0, 0.05) is 13.0 Å². The van der Waals surface area contributed by atoms with E-state index in [0.717, 1.165) is 24.8 Å². The number of nitrogens with one attached hydrogen (secondary N) is 1. The third-order valence-electron chi connectivity index (χ3n) is 4.02. The summed E-state index contributed by atoms with van der Waals surface area (Å²) in [7, 11) is 0. The highest BCUT2D eigenvalue weighted by atomic mass is 16.5. The van der Waals surface area contributed by atoms with Crippen molar-refractivity contribution in [3.8, 4) is 0 Å².